The van der Waals surface area contributed by atoms with Crippen molar-refractivity contribution in [3.63, 3.8) is 0 Å². The zero-order chi connectivity index (χ0) is 27.2. The number of fused-ring (bicyclic) bond motifs is 1. The molecule has 39 heavy (non-hydrogen) atoms. The first-order chi connectivity index (χ1) is 19.1. The minimum atomic E-state index is -0.197. The maximum absolute atomic E-state index is 13.3. The van der Waals surface area contributed by atoms with Gasteiger partial charge in [-0.05, 0) is 73.3 Å². The number of ether oxygens (including phenoxy) is 3. The lowest BCUT2D eigenvalue weighted by atomic mass is 9.52. The molecule has 2 aliphatic carbocycles. The SMILES string of the molecule is CCCCC(CC)C(=O)OCOc1ccc2c(c1)[C@]13CCCC[C@@H]1[C@@H](C2)N(C(=O)OCc1ccccc1)CC3. The van der Waals surface area contributed by atoms with E-state index in [-0.39, 0.29) is 36.2 Å². The molecule has 1 unspecified atom stereocenters. The van der Waals surface area contributed by atoms with Crippen molar-refractivity contribution >= 4 is 12.1 Å². The molecule has 5 rings (SSSR count). The number of amides is 1. The fourth-order valence-corrected chi connectivity index (χ4v) is 7.32. The van der Waals surface area contributed by atoms with Crippen LogP contribution in [0.15, 0.2) is 48.5 Å². The number of unbranched alkanes of at least 4 members (excludes halogenated alkanes) is 1. The highest BCUT2D eigenvalue weighted by Crippen LogP contribution is 2.56. The van der Waals surface area contributed by atoms with Gasteiger partial charge in [-0.15, -0.1) is 0 Å². The zero-order valence-corrected chi connectivity index (χ0v) is 23.5. The Morgan fingerprint density at radius 2 is 1.90 bits per heavy atom. The molecule has 1 saturated carbocycles. The third-order valence-corrected chi connectivity index (χ3v) is 9.41. The third kappa shape index (κ3) is 5.80. The number of carbonyl (C=O) groups excluding carboxylic acids is 2. The summed E-state index contributed by atoms with van der Waals surface area (Å²) in [6, 6.07) is 16.4. The predicted octanol–water partition coefficient (Wildman–Crippen LogP) is 7.18. The molecular weight excluding hydrogens is 490 g/mol. The minimum absolute atomic E-state index is 0.0551. The number of nitrogens with zero attached hydrogens (tertiary/aromatic N) is 1. The lowest BCUT2D eigenvalue weighted by molar-refractivity contribution is -0.155. The van der Waals surface area contributed by atoms with Gasteiger partial charge in [0.15, 0.2) is 0 Å². The van der Waals surface area contributed by atoms with Crippen molar-refractivity contribution in [2.75, 3.05) is 13.3 Å². The van der Waals surface area contributed by atoms with Crippen LogP contribution in [0, 0.1) is 11.8 Å². The quantitative estimate of drug-likeness (QED) is 0.239. The van der Waals surface area contributed by atoms with Crippen molar-refractivity contribution in [3.05, 3.63) is 65.2 Å². The van der Waals surface area contributed by atoms with Crippen LogP contribution in [0.3, 0.4) is 0 Å². The number of likely N-dealkylation sites (tertiary alicyclic amines) is 1. The number of piperidine rings is 1. The maximum atomic E-state index is 13.3. The second kappa shape index (κ2) is 12.4. The predicted molar refractivity (Wildman–Crippen MR) is 150 cm³/mol. The zero-order valence-electron chi connectivity index (χ0n) is 23.5. The monoisotopic (exact) mass is 533 g/mol. The van der Waals surface area contributed by atoms with E-state index in [0.717, 1.165) is 62.7 Å². The first-order valence-electron chi connectivity index (χ1n) is 15.0. The highest BCUT2D eigenvalue weighted by molar-refractivity contribution is 5.72. The fourth-order valence-electron chi connectivity index (χ4n) is 7.32. The fraction of sp³-hybridized carbons (Fsp3) is 0.576. The Kier molecular flexibility index (Phi) is 8.79. The average molecular weight is 534 g/mol. The molecule has 6 heteroatoms. The Hall–Kier alpha value is -3.02. The smallest absolute Gasteiger partial charge is 0.410 e. The van der Waals surface area contributed by atoms with E-state index in [1.165, 1.54) is 24.0 Å². The van der Waals surface area contributed by atoms with E-state index in [0.29, 0.717) is 19.1 Å². The summed E-state index contributed by atoms with van der Waals surface area (Å²) in [7, 11) is 0. The van der Waals surface area contributed by atoms with Gasteiger partial charge in [-0.1, -0.05) is 75.9 Å². The number of hydrogen-bond donors (Lipinski definition) is 0. The van der Waals surface area contributed by atoms with Crippen molar-refractivity contribution in [3.8, 4) is 5.75 Å². The van der Waals surface area contributed by atoms with Gasteiger partial charge in [-0.3, -0.25) is 4.79 Å². The third-order valence-electron chi connectivity index (χ3n) is 9.41. The van der Waals surface area contributed by atoms with Crippen LogP contribution in [-0.4, -0.2) is 36.3 Å². The van der Waals surface area contributed by atoms with Crippen molar-refractivity contribution in [1.29, 1.82) is 0 Å². The Morgan fingerprint density at radius 3 is 2.69 bits per heavy atom. The van der Waals surface area contributed by atoms with Gasteiger partial charge in [0.1, 0.15) is 12.4 Å². The van der Waals surface area contributed by atoms with Crippen LogP contribution in [0.5, 0.6) is 5.75 Å². The molecule has 2 aromatic carbocycles. The van der Waals surface area contributed by atoms with Gasteiger partial charge in [0.05, 0.1) is 5.92 Å². The summed E-state index contributed by atoms with van der Waals surface area (Å²) in [6.45, 7) is 5.14. The standard InChI is InChI=1S/C33H43NO5/c1-3-5-13-25(4-2)31(35)39-23-38-27-16-15-26-20-30-28-14-9-10-17-33(28,29(26)21-27)18-19-34(30)32(36)37-22-24-11-7-6-8-12-24/h6-8,11-12,15-16,21,25,28,30H,3-5,9-10,13-14,17-20,22-23H2,1-2H3/t25?,28-,30-,33+/m1/s1. The molecule has 4 atom stereocenters. The lowest BCUT2D eigenvalue weighted by Crippen LogP contribution is -2.62. The molecule has 0 N–H and O–H groups in total. The highest BCUT2D eigenvalue weighted by atomic mass is 16.7. The molecule has 3 aliphatic rings. The van der Waals surface area contributed by atoms with Crippen molar-refractivity contribution < 1.29 is 23.8 Å². The largest absolute Gasteiger partial charge is 0.457 e. The van der Waals surface area contributed by atoms with Crippen LogP contribution >= 0.6 is 0 Å². The molecule has 1 saturated heterocycles. The molecule has 2 aromatic rings. The van der Waals surface area contributed by atoms with Crippen LogP contribution in [-0.2, 0) is 32.7 Å². The molecule has 1 heterocycles. The molecule has 2 fully saturated rings. The number of carbonyl (C=O) groups is 2. The summed E-state index contributed by atoms with van der Waals surface area (Å²) < 4.78 is 17.2. The maximum Gasteiger partial charge on any atom is 0.410 e. The van der Waals surface area contributed by atoms with Crippen LogP contribution < -0.4 is 4.74 Å². The van der Waals surface area contributed by atoms with E-state index in [1.54, 1.807) is 0 Å². The van der Waals surface area contributed by atoms with Crippen LogP contribution in [0.2, 0.25) is 0 Å². The summed E-state index contributed by atoms with van der Waals surface area (Å²) in [4.78, 5) is 27.8. The van der Waals surface area contributed by atoms with E-state index >= 15 is 0 Å². The first-order valence-corrected chi connectivity index (χ1v) is 15.0. The summed E-state index contributed by atoms with van der Waals surface area (Å²) >= 11 is 0. The highest BCUT2D eigenvalue weighted by Gasteiger charge is 2.55. The number of esters is 1. The molecule has 210 valence electrons. The second-order valence-electron chi connectivity index (χ2n) is 11.6. The van der Waals surface area contributed by atoms with Gasteiger partial charge in [0.2, 0.25) is 6.79 Å². The Bertz CT molecular complexity index is 1130. The lowest BCUT2D eigenvalue weighted by Gasteiger charge is -2.58. The summed E-state index contributed by atoms with van der Waals surface area (Å²) in [5, 5.41) is 0. The van der Waals surface area contributed by atoms with Gasteiger partial charge >= 0.3 is 12.1 Å². The number of rotatable bonds is 10. The van der Waals surface area contributed by atoms with Crippen LogP contribution in [0.1, 0.15) is 88.3 Å². The van der Waals surface area contributed by atoms with Crippen LogP contribution in [0.25, 0.3) is 0 Å². The molecule has 0 radical (unpaired) electrons. The molecule has 1 aliphatic heterocycles. The summed E-state index contributed by atoms with van der Waals surface area (Å²) in [5.41, 5.74) is 3.75. The number of hydrogen-bond acceptors (Lipinski definition) is 5. The van der Waals surface area contributed by atoms with Gasteiger partial charge < -0.3 is 19.1 Å². The first kappa shape index (κ1) is 27.5. The normalized spacial score (nSPS) is 24.2. The van der Waals surface area contributed by atoms with Crippen LogP contribution in [0.4, 0.5) is 4.79 Å². The average Bonchev–Trinajstić information content (AvgIpc) is 2.97. The van der Waals surface area contributed by atoms with E-state index in [1.807, 2.05) is 48.2 Å². The molecule has 6 nitrogen and oxygen atoms in total. The van der Waals surface area contributed by atoms with Crippen molar-refractivity contribution in [2.24, 2.45) is 11.8 Å². The molecule has 0 spiro atoms. The van der Waals surface area contributed by atoms with Crippen molar-refractivity contribution in [2.45, 2.75) is 96.1 Å². The molecule has 2 bridgehead atoms. The summed E-state index contributed by atoms with van der Waals surface area (Å²) in [5.74, 6) is 0.961. The second-order valence-corrected chi connectivity index (χ2v) is 11.6. The molecule has 0 aromatic heterocycles. The van der Waals surface area contributed by atoms with Gasteiger partial charge in [0, 0.05) is 18.0 Å². The van der Waals surface area contributed by atoms with E-state index in [4.69, 9.17) is 14.2 Å². The van der Waals surface area contributed by atoms with E-state index < -0.39 is 0 Å². The van der Waals surface area contributed by atoms with Gasteiger partial charge in [0.25, 0.3) is 0 Å². The topological polar surface area (TPSA) is 65.1 Å². The molecular formula is C33H43NO5. The van der Waals surface area contributed by atoms with Gasteiger partial charge in [-0.25, -0.2) is 4.79 Å². The van der Waals surface area contributed by atoms with E-state index in [2.05, 4.69) is 19.1 Å². The van der Waals surface area contributed by atoms with Gasteiger partial charge in [-0.2, -0.15) is 0 Å². The van der Waals surface area contributed by atoms with Crippen molar-refractivity contribution in [1.82, 2.24) is 4.90 Å². The van der Waals surface area contributed by atoms with E-state index in [9.17, 15) is 9.59 Å². The Balaban J connectivity index is 1.27. The summed E-state index contributed by atoms with van der Waals surface area (Å²) in [6.07, 6.45) is 10.0. The molecule has 1 amide bonds. The number of benzene rings is 2. The minimum Gasteiger partial charge on any atom is -0.457 e. The Labute approximate surface area is 233 Å². The Morgan fingerprint density at radius 1 is 1.05 bits per heavy atom.